The van der Waals surface area contributed by atoms with Crippen LogP contribution in [0.3, 0.4) is 0 Å². The van der Waals surface area contributed by atoms with Crippen LogP contribution in [-0.4, -0.2) is 86.9 Å². The van der Waals surface area contributed by atoms with Crippen LogP contribution in [0.25, 0.3) is 0 Å². The van der Waals surface area contributed by atoms with Gasteiger partial charge in [-0.2, -0.15) is 0 Å². The number of hydrogen-bond acceptors (Lipinski definition) is 4. The predicted octanol–water partition coefficient (Wildman–Crippen LogP) is 1.75. The SMILES string of the molecule is CCCN1CCC(NC(=NCC(C)N2CCOCC2)NCC)CC1.I. The Morgan fingerprint density at radius 1 is 1.16 bits per heavy atom. The molecule has 2 fully saturated rings. The van der Waals surface area contributed by atoms with Gasteiger partial charge in [-0.1, -0.05) is 6.92 Å². The molecule has 0 aromatic heterocycles. The summed E-state index contributed by atoms with van der Waals surface area (Å²) in [7, 11) is 0. The molecule has 2 aliphatic heterocycles. The van der Waals surface area contributed by atoms with Crippen LogP contribution in [0.1, 0.15) is 40.0 Å². The largest absolute Gasteiger partial charge is 0.379 e. The highest BCUT2D eigenvalue weighted by Gasteiger charge is 2.20. The van der Waals surface area contributed by atoms with Crippen molar-refractivity contribution in [2.24, 2.45) is 4.99 Å². The summed E-state index contributed by atoms with van der Waals surface area (Å²) in [6.45, 7) is 15.8. The third kappa shape index (κ3) is 8.41. The molecule has 0 aromatic carbocycles. The summed E-state index contributed by atoms with van der Waals surface area (Å²) in [5, 5.41) is 7.05. The number of nitrogens with zero attached hydrogens (tertiary/aromatic N) is 3. The van der Waals surface area contributed by atoms with Gasteiger partial charge in [0.1, 0.15) is 0 Å². The van der Waals surface area contributed by atoms with Crippen molar-refractivity contribution in [1.82, 2.24) is 20.4 Å². The number of piperidine rings is 1. The molecule has 0 spiro atoms. The minimum absolute atomic E-state index is 0. The number of guanidine groups is 1. The molecule has 25 heavy (non-hydrogen) atoms. The number of nitrogens with one attached hydrogen (secondary N) is 2. The van der Waals surface area contributed by atoms with Gasteiger partial charge in [-0.05, 0) is 39.7 Å². The normalized spacial score (nSPS) is 22.3. The fraction of sp³-hybridized carbons (Fsp3) is 0.944. The molecule has 2 aliphatic rings. The molecule has 6 nitrogen and oxygen atoms in total. The highest BCUT2D eigenvalue weighted by atomic mass is 127. The minimum atomic E-state index is 0. The van der Waals surface area contributed by atoms with Crippen LogP contribution >= 0.6 is 24.0 Å². The molecular weight excluding hydrogens is 429 g/mol. The van der Waals surface area contributed by atoms with E-state index in [1.54, 1.807) is 0 Å². The van der Waals surface area contributed by atoms with Crippen LogP contribution in [0, 0.1) is 0 Å². The van der Waals surface area contributed by atoms with Crippen molar-refractivity contribution in [3.8, 4) is 0 Å². The molecule has 1 unspecified atom stereocenters. The molecule has 148 valence electrons. The van der Waals surface area contributed by atoms with Gasteiger partial charge in [-0.3, -0.25) is 9.89 Å². The van der Waals surface area contributed by atoms with Crippen LogP contribution in [0.15, 0.2) is 4.99 Å². The maximum atomic E-state index is 5.43. The maximum Gasteiger partial charge on any atom is 0.191 e. The Morgan fingerprint density at radius 2 is 1.84 bits per heavy atom. The van der Waals surface area contributed by atoms with Crippen molar-refractivity contribution in [2.75, 3.05) is 59.0 Å². The molecule has 7 heteroatoms. The van der Waals surface area contributed by atoms with Gasteiger partial charge in [0.05, 0.1) is 19.8 Å². The summed E-state index contributed by atoms with van der Waals surface area (Å²) in [4.78, 5) is 9.88. The van der Waals surface area contributed by atoms with Crippen LogP contribution in [-0.2, 0) is 4.74 Å². The molecular formula is C18H38IN5O. The highest BCUT2D eigenvalue weighted by Crippen LogP contribution is 2.10. The Bertz CT molecular complexity index is 368. The minimum Gasteiger partial charge on any atom is -0.379 e. The lowest BCUT2D eigenvalue weighted by molar-refractivity contribution is 0.0220. The Morgan fingerprint density at radius 3 is 2.44 bits per heavy atom. The molecule has 0 radical (unpaired) electrons. The van der Waals surface area contributed by atoms with Gasteiger partial charge >= 0.3 is 0 Å². The first-order valence-electron chi connectivity index (χ1n) is 9.82. The van der Waals surface area contributed by atoms with Crippen molar-refractivity contribution in [2.45, 2.75) is 52.1 Å². The number of likely N-dealkylation sites (tertiary alicyclic amines) is 1. The second kappa shape index (κ2) is 13.1. The summed E-state index contributed by atoms with van der Waals surface area (Å²) in [6, 6.07) is 1.02. The van der Waals surface area contributed by atoms with Gasteiger partial charge < -0.3 is 20.3 Å². The summed E-state index contributed by atoms with van der Waals surface area (Å²) in [6.07, 6.45) is 3.68. The topological polar surface area (TPSA) is 52.1 Å². The predicted molar refractivity (Wildman–Crippen MR) is 116 cm³/mol. The molecule has 2 rings (SSSR count). The first-order chi connectivity index (χ1) is 11.7. The van der Waals surface area contributed by atoms with Crippen LogP contribution in [0.4, 0.5) is 0 Å². The van der Waals surface area contributed by atoms with Crippen molar-refractivity contribution < 1.29 is 4.74 Å². The molecule has 0 aromatic rings. The van der Waals surface area contributed by atoms with Gasteiger partial charge in [0.2, 0.25) is 0 Å². The van der Waals surface area contributed by atoms with E-state index >= 15 is 0 Å². The molecule has 0 bridgehead atoms. The van der Waals surface area contributed by atoms with E-state index in [1.165, 1.54) is 38.9 Å². The lowest BCUT2D eigenvalue weighted by Crippen LogP contribution is -2.49. The van der Waals surface area contributed by atoms with E-state index in [9.17, 15) is 0 Å². The molecule has 1 atom stereocenters. The second-order valence-corrected chi connectivity index (χ2v) is 6.98. The number of halogens is 1. The first-order valence-corrected chi connectivity index (χ1v) is 9.82. The van der Waals surface area contributed by atoms with Gasteiger partial charge in [-0.25, -0.2) is 0 Å². The lowest BCUT2D eigenvalue weighted by Gasteiger charge is -2.33. The first kappa shape index (κ1) is 22.9. The van der Waals surface area contributed by atoms with E-state index in [0.29, 0.717) is 12.1 Å². The lowest BCUT2D eigenvalue weighted by atomic mass is 10.1. The van der Waals surface area contributed by atoms with Crippen molar-refractivity contribution in [3.05, 3.63) is 0 Å². The Labute approximate surface area is 171 Å². The van der Waals surface area contributed by atoms with Crippen LogP contribution < -0.4 is 10.6 Å². The van der Waals surface area contributed by atoms with E-state index in [0.717, 1.165) is 45.4 Å². The molecule has 0 aliphatic carbocycles. The quantitative estimate of drug-likeness (QED) is 0.340. The zero-order valence-electron chi connectivity index (χ0n) is 16.3. The molecule has 2 N–H and O–H groups in total. The number of aliphatic imine (C=N–C) groups is 1. The van der Waals surface area contributed by atoms with E-state index < -0.39 is 0 Å². The van der Waals surface area contributed by atoms with Crippen molar-refractivity contribution in [3.63, 3.8) is 0 Å². The smallest absolute Gasteiger partial charge is 0.191 e. The van der Waals surface area contributed by atoms with Crippen molar-refractivity contribution >= 4 is 29.9 Å². The number of morpholine rings is 1. The monoisotopic (exact) mass is 467 g/mol. The summed E-state index contributed by atoms with van der Waals surface area (Å²) in [5.74, 6) is 0.978. The van der Waals surface area contributed by atoms with E-state index in [4.69, 9.17) is 9.73 Å². The van der Waals surface area contributed by atoms with E-state index in [1.807, 2.05) is 0 Å². The Hall–Kier alpha value is -0.120. The molecule has 2 saturated heterocycles. The number of ether oxygens (including phenoxy) is 1. The Balaban J connectivity index is 0.00000312. The number of hydrogen-bond donors (Lipinski definition) is 2. The third-order valence-electron chi connectivity index (χ3n) is 5.00. The summed E-state index contributed by atoms with van der Waals surface area (Å²) >= 11 is 0. The standard InChI is InChI=1S/C18H37N5O.HI/c1-4-8-22-9-6-17(7-10-22)21-18(19-5-2)20-15-16(3)23-11-13-24-14-12-23;/h16-17H,4-15H2,1-3H3,(H2,19,20,21);1H. The van der Waals surface area contributed by atoms with Gasteiger partial charge in [0.15, 0.2) is 5.96 Å². The molecule has 2 heterocycles. The summed E-state index contributed by atoms with van der Waals surface area (Å²) in [5.41, 5.74) is 0. The van der Waals surface area contributed by atoms with E-state index in [2.05, 4.69) is 41.2 Å². The zero-order valence-corrected chi connectivity index (χ0v) is 18.6. The fourth-order valence-electron chi connectivity index (χ4n) is 3.49. The van der Waals surface area contributed by atoms with Gasteiger partial charge in [0, 0.05) is 44.8 Å². The fourth-order valence-corrected chi connectivity index (χ4v) is 3.49. The average Bonchev–Trinajstić information content (AvgIpc) is 2.62. The van der Waals surface area contributed by atoms with Crippen LogP contribution in [0.2, 0.25) is 0 Å². The zero-order chi connectivity index (χ0) is 17.2. The maximum absolute atomic E-state index is 5.43. The van der Waals surface area contributed by atoms with Crippen molar-refractivity contribution in [1.29, 1.82) is 0 Å². The van der Waals surface area contributed by atoms with Crippen LogP contribution in [0.5, 0.6) is 0 Å². The van der Waals surface area contributed by atoms with Gasteiger partial charge in [-0.15, -0.1) is 24.0 Å². The molecule has 0 saturated carbocycles. The summed E-state index contributed by atoms with van der Waals surface area (Å²) < 4.78 is 5.43. The second-order valence-electron chi connectivity index (χ2n) is 6.98. The van der Waals surface area contributed by atoms with Gasteiger partial charge in [0.25, 0.3) is 0 Å². The highest BCUT2D eigenvalue weighted by molar-refractivity contribution is 14.0. The third-order valence-corrected chi connectivity index (χ3v) is 5.00. The average molecular weight is 467 g/mol. The molecule has 0 amide bonds. The Kier molecular flexibility index (Phi) is 12.0. The number of rotatable bonds is 7. The van der Waals surface area contributed by atoms with E-state index in [-0.39, 0.29) is 24.0 Å².